The van der Waals surface area contributed by atoms with E-state index in [0.29, 0.717) is 12.1 Å². The van der Waals surface area contributed by atoms with E-state index in [4.69, 9.17) is 4.74 Å². The number of rotatable bonds is 3. The quantitative estimate of drug-likeness (QED) is 0.730. The van der Waals surface area contributed by atoms with Crippen LogP contribution in [-0.4, -0.2) is 17.6 Å². The van der Waals surface area contributed by atoms with Gasteiger partial charge in [0, 0.05) is 10.5 Å². The minimum atomic E-state index is -0.838. The molecule has 0 spiro atoms. The van der Waals surface area contributed by atoms with Gasteiger partial charge in [-0.3, -0.25) is 4.79 Å². The topological polar surface area (TPSA) is 46.6 Å². The van der Waals surface area contributed by atoms with E-state index in [0.717, 1.165) is 10.5 Å². The van der Waals surface area contributed by atoms with Gasteiger partial charge in [0.15, 0.2) is 0 Å². The van der Waals surface area contributed by atoms with Crippen LogP contribution >= 0.6 is 11.8 Å². The maximum absolute atomic E-state index is 13.5. The van der Waals surface area contributed by atoms with Crippen LogP contribution in [0, 0.1) is 0 Å². The second kappa shape index (κ2) is 6.80. The Morgan fingerprint density at radius 1 is 1.08 bits per heavy atom. The van der Waals surface area contributed by atoms with Gasteiger partial charge >= 0.3 is 6.09 Å². The number of fused-ring (bicyclic) bond motifs is 1. The molecule has 136 valence electrons. The van der Waals surface area contributed by atoms with Crippen molar-refractivity contribution in [3.63, 3.8) is 0 Å². The van der Waals surface area contributed by atoms with Gasteiger partial charge in [-0.05, 0) is 45.4 Å². The number of para-hydroxylation sites is 1. The Hall–Kier alpha value is -2.27. The van der Waals surface area contributed by atoms with Gasteiger partial charge in [0.2, 0.25) is 0 Å². The zero-order valence-corrected chi connectivity index (χ0v) is 16.3. The summed E-state index contributed by atoms with van der Waals surface area (Å²) in [6.07, 6.45) is -0.0548. The first-order valence-corrected chi connectivity index (χ1v) is 9.51. The van der Waals surface area contributed by atoms with Gasteiger partial charge in [-0.1, -0.05) is 43.3 Å². The van der Waals surface area contributed by atoms with Gasteiger partial charge in [-0.2, -0.15) is 0 Å². The van der Waals surface area contributed by atoms with Crippen molar-refractivity contribution in [2.24, 2.45) is 0 Å². The molecule has 1 aliphatic rings. The van der Waals surface area contributed by atoms with E-state index < -0.39 is 16.4 Å². The lowest BCUT2D eigenvalue weighted by Gasteiger charge is -2.27. The predicted molar refractivity (Wildman–Crippen MR) is 104 cm³/mol. The number of hydrogen-bond acceptors (Lipinski definition) is 4. The zero-order chi connectivity index (χ0) is 18.9. The maximum atomic E-state index is 13.5. The van der Waals surface area contributed by atoms with Crippen LogP contribution in [0.3, 0.4) is 0 Å². The highest BCUT2D eigenvalue weighted by Crippen LogP contribution is 2.53. The van der Waals surface area contributed by atoms with E-state index >= 15 is 0 Å². The third-order valence-electron chi connectivity index (χ3n) is 4.24. The van der Waals surface area contributed by atoms with Crippen molar-refractivity contribution in [1.29, 1.82) is 0 Å². The summed E-state index contributed by atoms with van der Waals surface area (Å²) in [6, 6.07) is 17.3. The van der Waals surface area contributed by atoms with E-state index in [2.05, 4.69) is 0 Å². The van der Waals surface area contributed by atoms with Crippen LogP contribution in [-0.2, 0) is 14.3 Å². The molecule has 3 rings (SSSR count). The Bertz CT molecular complexity index is 829. The second-order valence-electron chi connectivity index (χ2n) is 7.23. The van der Waals surface area contributed by atoms with Crippen molar-refractivity contribution in [2.75, 3.05) is 4.90 Å². The SMILES string of the molecule is CC[C@@]1(Sc2ccccc2)C(=O)N(C(=O)OC(C)(C)C)c2ccccc21. The van der Waals surface area contributed by atoms with Crippen LogP contribution in [0.4, 0.5) is 10.5 Å². The van der Waals surface area contributed by atoms with E-state index in [1.165, 1.54) is 16.7 Å². The number of amides is 2. The molecule has 5 heteroatoms. The van der Waals surface area contributed by atoms with Crippen molar-refractivity contribution in [1.82, 2.24) is 0 Å². The Morgan fingerprint density at radius 3 is 2.31 bits per heavy atom. The van der Waals surface area contributed by atoms with E-state index in [9.17, 15) is 9.59 Å². The maximum Gasteiger partial charge on any atom is 0.421 e. The summed E-state index contributed by atoms with van der Waals surface area (Å²) in [4.78, 5) is 28.4. The number of ether oxygens (including phenoxy) is 1. The highest BCUT2D eigenvalue weighted by molar-refractivity contribution is 8.01. The minimum Gasteiger partial charge on any atom is -0.443 e. The third-order valence-corrected chi connectivity index (χ3v) is 5.78. The Labute approximate surface area is 158 Å². The van der Waals surface area contributed by atoms with Gasteiger partial charge in [-0.25, -0.2) is 9.69 Å². The van der Waals surface area contributed by atoms with E-state index in [1.54, 1.807) is 26.8 Å². The predicted octanol–water partition coefficient (Wildman–Crippen LogP) is 5.37. The Morgan fingerprint density at radius 2 is 1.69 bits per heavy atom. The number of carbonyl (C=O) groups is 2. The Balaban J connectivity index is 2.07. The fraction of sp³-hybridized carbons (Fsp3) is 0.333. The average Bonchev–Trinajstić information content (AvgIpc) is 2.83. The number of benzene rings is 2. The van der Waals surface area contributed by atoms with Crippen molar-refractivity contribution in [2.45, 2.75) is 49.4 Å². The van der Waals surface area contributed by atoms with E-state index in [-0.39, 0.29) is 5.91 Å². The number of imide groups is 1. The average molecular weight is 369 g/mol. The first-order valence-electron chi connectivity index (χ1n) is 8.69. The standard InChI is InChI=1S/C21H23NO3S/c1-5-21(26-15-11-7-6-8-12-15)16-13-9-10-14-17(16)22(18(21)23)19(24)25-20(2,3)4/h6-14H,5H2,1-4H3/t21-/m0/s1. The molecule has 0 bridgehead atoms. The lowest BCUT2D eigenvalue weighted by atomic mass is 9.97. The van der Waals surface area contributed by atoms with Crippen molar-refractivity contribution >= 4 is 29.4 Å². The first-order chi connectivity index (χ1) is 12.3. The fourth-order valence-corrected chi connectivity index (χ4v) is 4.41. The number of thioether (sulfide) groups is 1. The minimum absolute atomic E-state index is 0.246. The number of nitrogens with zero attached hydrogens (tertiary/aromatic N) is 1. The van der Waals surface area contributed by atoms with Gasteiger partial charge in [0.1, 0.15) is 10.3 Å². The monoisotopic (exact) mass is 369 g/mol. The van der Waals surface area contributed by atoms with Crippen molar-refractivity contribution in [3.8, 4) is 0 Å². The molecule has 0 unspecified atom stereocenters. The molecule has 2 aromatic rings. The lowest BCUT2D eigenvalue weighted by molar-refractivity contribution is -0.120. The van der Waals surface area contributed by atoms with E-state index in [1.807, 2.05) is 55.5 Å². The zero-order valence-electron chi connectivity index (χ0n) is 15.5. The summed E-state index contributed by atoms with van der Waals surface area (Å²) >= 11 is 1.49. The van der Waals surface area contributed by atoms with Gasteiger partial charge in [0.25, 0.3) is 5.91 Å². The van der Waals surface area contributed by atoms with Crippen LogP contribution in [0.15, 0.2) is 59.5 Å². The molecule has 1 heterocycles. The highest BCUT2D eigenvalue weighted by atomic mass is 32.2. The lowest BCUT2D eigenvalue weighted by Crippen LogP contribution is -2.43. The molecule has 2 aromatic carbocycles. The molecule has 1 aliphatic heterocycles. The molecule has 0 aliphatic carbocycles. The van der Waals surface area contributed by atoms with Crippen molar-refractivity contribution in [3.05, 3.63) is 60.2 Å². The van der Waals surface area contributed by atoms with Crippen LogP contribution in [0.5, 0.6) is 0 Å². The number of carbonyl (C=O) groups excluding carboxylic acids is 2. The first kappa shape index (κ1) is 18.5. The molecule has 0 fully saturated rings. The molecule has 0 radical (unpaired) electrons. The van der Waals surface area contributed by atoms with Crippen molar-refractivity contribution < 1.29 is 14.3 Å². The summed E-state index contributed by atoms with van der Waals surface area (Å²) in [7, 11) is 0. The summed E-state index contributed by atoms with van der Waals surface area (Å²) in [5.41, 5.74) is 0.792. The fourth-order valence-electron chi connectivity index (χ4n) is 3.11. The van der Waals surface area contributed by atoms with Gasteiger partial charge in [0.05, 0.1) is 5.69 Å². The Kier molecular flexibility index (Phi) is 4.84. The molecule has 0 saturated heterocycles. The molecule has 0 aromatic heterocycles. The van der Waals surface area contributed by atoms with Crippen LogP contribution in [0.2, 0.25) is 0 Å². The molecule has 1 atom stereocenters. The molecule has 0 N–H and O–H groups in total. The molecular formula is C21H23NO3S. The highest BCUT2D eigenvalue weighted by Gasteiger charge is 2.53. The summed E-state index contributed by atoms with van der Waals surface area (Å²) < 4.78 is 4.66. The largest absolute Gasteiger partial charge is 0.443 e. The van der Waals surface area contributed by atoms with Crippen LogP contribution in [0.1, 0.15) is 39.7 Å². The van der Waals surface area contributed by atoms with Crippen LogP contribution < -0.4 is 4.90 Å². The van der Waals surface area contributed by atoms with Crippen LogP contribution in [0.25, 0.3) is 0 Å². The normalized spacial score (nSPS) is 19.4. The second-order valence-corrected chi connectivity index (χ2v) is 8.61. The van der Waals surface area contributed by atoms with Gasteiger partial charge < -0.3 is 4.74 Å². The molecule has 0 saturated carbocycles. The summed E-state index contributed by atoms with van der Waals surface area (Å²) in [6.45, 7) is 7.36. The molecule has 2 amide bonds. The summed E-state index contributed by atoms with van der Waals surface area (Å²) in [5, 5.41) is 0. The third kappa shape index (κ3) is 3.23. The molecule has 26 heavy (non-hydrogen) atoms. The summed E-state index contributed by atoms with van der Waals surface area (Å²) in [5.74, 6) is -0.246. The smallest absolute Gasteiger partial charge is 0.421 e. The number of anilines is 1. The molecule has 4 nitrogen and oxygen atoms in total. The molecular weight excluding hydrogens is 346 g/mol. The van der Waals surface area contributed by atoms with Gasteiger partial charge in [-0.15, -0.1) is 11.8 Å². The number of hydrogen-bond donors (Lipinski definition) is 0.